The van der Waals surface area contributed by atoms with Gasteiger partial charge in [0.25, 0.3) is 0 Å². The molecule has 0 aromatic heterocycles. The topological polar surface area (TPSA) is 15.3 Å². The van der Waals surface area contributed by atoms with Crippen molar-refractivity contribution in [1.29, 1.82) is 0 Å². The first-order chi connectivity index (χ1) is 5.29. The summed E-state index contributed by atoms with van der Waals surface area (Å²) in [5, 5.41) is 3.55. The van der Waals surface area contributed by atoms with E-state index in [1.807, 2.05) is 0 Å². The summed E-state index contributed by atoms with van der Waals surface area (Å²) < 4.78 is 0. The van der Waals surface area contributed by atoms with Crippen LogP contribution in [0.2, 0.25) is 0 Å². The first-order valence-corrected chi connectivity index (χ1v) is 5.40. The monoisotopic (exact) mass is 174 g/mol. The molecule has 1 aliphatic heterocycles. The standard InChI is InChI=1S/C8H18N2S/c1-10(2)5-4-9-8-3-6-11-7-8/h8-9H,3-7H2,1-2H3. The minimum atomic E-state index is 0.792. The Morgan fingerprint density at radius 3 is 2.91 bits per heavy atom. The van der Waals surface area contributed by atoms with Crippen LogP contribution < -0.4 is 5.32 Å². The van der Waals surface area contributed by atoms with Gasteiger partial charge in [0.15, 0.2) is 0 Å². The fourth-order valence-corrected chi connectivity index (χ4v) is 2.37. The first-order valence-electron chi connectivity index (χ1n) is 4.25. The van der Waals surface area contributed by atoms with E-state index in [9.17, 15) is 0 Å². The van der Waals surface area contributed by atoms with Gasteiger partial charge in [-0.3, -0.25) is 0 Å². The zero-order valence-corrected chi connectivity index (χ0v) is 8.28. The molecule has 0 saturated carbocycles. The Bertz CT molecular complexity index is 100. The van der Waals surface area contributed by atoms with Gasteiger partial charge in [0.1, 0.15) is 0 Å². The Morgan fingerprint density at radius 2 is 2.36 bits per heavy atom. The molecule has 1 N–H and O–H groups in total. The van der Waals surface area contributed by atoms with Gasteiger partial charge in [-0.1, -0.05) is 0 Å². The van der Waals surface area contributed by atoms with E-state index in [1.54, 1.807) is 0 Å². The van der Waals surface area contributed by atoms with E-state index >= 15 is 0 Å². The van der Waals surface area contributed by atoms with Gasteiger partial charge in [0.05, 0.1) is 0 Å². The average molecular weight is 174 g/mol. The second-order valence-corrected chi connectivity index (χ2v) is 4.47. The predicted octanol–water partition coefficient (Wildman–Crippen LogP) is 0.643. The highest BCUT2D eigenvalue weighted by Gasteiger charge is 2.13. The Labute approximate surface area is 73.7 Å². The van der Waals surface area contributed by atoms with Crippen molar-refractivity contribution < 1.29 is 0 Å². The van der Waals surface area contributed by atoms with E-state index < -0.39 is 0 Å². The van der Waals surface area contributed by atoms with Gasteiger partial charge in [-0.15, -0.1) is 0 Å². The van der Waals surface area contributed by atoms with Gasteiger partial charge < -0.3 is 10.2 Å². The molecular formula is C8H18N2S. The third kappa shape index (κ3) is 3.99. The molecule has 1 atom stereocenters. The molecule has 66 valence electrons. The Kier molecular flexibility index (Phi) is 4.26. The SMILES string of the molecule is CN(C)CCNC1CCSC1. The second-order valence-electron chi connectivity index (χ2n) is 3.32. The smallest absolute Gasteiger partial charge is 0.0166 e. The van der Waals surface area contributed by atoms with Gasteiger partial charge in [0, 0.05) is 24.9 Å². The number of thioether (sulfide) groups is 1. The highest BCUT2D eigenvalue weighted by molar-refractivity contribution is 7.99. The van der Waals surface area contributed by atoms with E-state index in [0.717, 1.165) is 19.1 Å². The van der Waals surface area contributed by atoms with Crippen molar-refractivity contribution in [1.82, 2.24) is 10.2 Å². The number of rotatable bonds is 4. The second kappa shape index (κ2) is 5.01. The van der Waals surface area contributed by atoms with Crippen LogP contribution in [0.25, 0.3) is 0 Å². The van der Waals surface area contributed by atoms with E-state index in [0.29, 0.717) is 0 Å². The summed E-state index contributed by atoms with van der Waals surface area (Å²) in [6.45, 7) is 2.29. The van der Waals surface area contributed by atoms with Crippen LogP contribution in [0.15, 0.2) is 0 Å². The molecule has 0 spiro atoms. The van der Waals surface area contributed by atoms with Crippen molar-refractivity contribution in [3.8, 4) is 0 Å². The lowest BCUT2D eigenvalue weighted by Gasteiger charge is -2.13. The van der Waals surface area contributed by atoms with Gasteiger partial charge >= 0.3 is 0 Å². The maximum atomic E-state index is 3.55. The molecule has 1 aliphatic rings. The lowest BCUT2D eigenvalue weighted by molar-refractivity contribution is 0.388. The van der Waals surface area contributed by atoms with Gasteiger partial charge in [-0.05, 0) is 26.3 Å². The molecule has 0 aromatic rings. The number of hydrogen-bond donors (Lipinski definition) is 1. The van der Waals surface area contributed by atoms with Crippen molar-refractivity contribution in [2.24, 2.45) is 0 Å². The minimum Gasteiger partial charge on any atom is -0.312 e. The largest absolute Gasteiger partial charge is 0.312 e. The average Bonchev–Trinajstić information content (AvgIpc) is 2.39. The van der Waals surface area contributed by atoms with Crippen LogP contribution in [0.3, 0.4) is 0 Å². The molecule has 1 saturated heterocycles. The quantitative estimate of drug-likeness (QED) is 0.673. The Morgan fingerprint density at radius 1 is 1.55 bits per heavy atom. The lowest BCUT2D eigenvalue weighted by atomic mass is 10.2. The normalized spacial score (nSPS) is 24.8. The molecule has 2 nitrogen and oxygen atoms in total. The van der Waals surface area contributed by atoms with Gasteiger partial charge in [0.2, 0.25) is 0 Å². The fourth-order valence-electron chi connectivity index (χ4n) is 1.19. The molecular weight excluding hydrogens is 156 g/mol. The zero-order chi connectivity index (χ0) is 8.10. The molecule has 1 rings (SSSR count). The summed E-state index contributed by atoms with van der Waals surface area (Å²) in [4.78, 5) is 2.22. The summed E-state index contributed by atoms with van der Waals surface area (Å²) in [6.07, 6.45) is 1.36. The number of hydrogen-bond acceptors (Lipinski definition) is 3. The molecule has 1 heterocycles. The third-order valence-electron chi connectivity index (χ3n) is 1.92. The molecule has 1 unspecified atom stereocenters. The van der Waals surface area contributed by atoms with Crippen LogP contribution in [-0.2, 0) is 0 Å². The Balaban J connectivity index is 1.94. The van der Waals surface area contributed by atoms with Crippen LogP contribution >= 0.6 is 11.8 Å². The van der Waals surface area contributed by atoms with Crippen molar-refractivity contribution in [2.75, 3.05) is 38.7 Å². The van der Waals surface area contributed by atoms with Crippen molar-refractivity contribution in [3.63, 3.8) is 0 Å². The molecule has 0 bridgehead atoms. The van der Waals surface area contributed by atoms with Crippen molar-refractivity contribution >= 4 is 11.8 Å². The van der Waals surface area contributed by atoms with E-state index in [2.05, 4.69) is 36.1 Å². The van der Waals surface area contributed by atoms with Gasteiger partial charge in [-0.25, -0.2) is 0 Å². The third-order valence-corrected chi connectivity index (χ3v) is 3.08. The van der Waals surface area contributed by atoms with Crippen LogP contribution in [-0.4, -0.2) is 49.6 Å². The number of likely N-dealkylation sites (N-methyl/N-ethyl adjacent to an activating group) is 1. The van der Waals surface area contributed by atoms with Crippen molar-refractivity contribution in [2.45, 2.75) is 12.5 Å². The van der Waals surface area contributed by atoms with E-state index in [-0.39, 0.29) is 0 Å². The fraction of sp³-hybridized carbons (Fsp3) is 1.00. The molecule has 0 aromatic carbocycles. The predicted molar refractivity (Wildman–Crippen MR) is 52.3 cm³/mol. The van der Waals surface area contributed by atoms with Crippen LogP contribution in [0, 0.1) is 0 Å². The lowest BCUT2D eigenvalue weighted by Crippen LogP contribution is -2.34. The summed E-state index contributed by atoms with van der Waals surface area (Å²) >= 11 is 2.06. The summed E-state index contributed by atoms with van der Waals surface area (Å²) in [5.74, 6) is 2.66. The van der Waals surface area contributed by atoms with E-state index in [4.69, 9.17) is 0 Å². The molecule has 0 aliphatic carbocycles. The highest BCUT2D eigenvalue weighted by atomic mass is 32.2. The Hall–Kier alpha value is 0.270. The summed E-state index contributed by atoms with van der Waals surface area (Å²) in [7, 11) is 4.23. The first kappa shape index (κ1) is 9.36. The van der Waals surface area contributed by atoms with Crippen LogP contribution in [0.5, 0.6) is 0 Å². The highest BCUT2D eigenvalue weighted by Crippen LogP contribution is 2.16. The van der Waals surface area contributed by atoms with Crippen LogP contribution in [0.4, 0.5) is 0 Å². The molecule has 3 heteroatoms. The maximum absolute atomic E-state index is 3.55. The zero-order valence-electron chi connectivity index (χ0n) is 7.47. The summed E-state index contributed by atoms with van der Waals surface area (Å²) in [5.41, 5.74) is 0. The van der Waals surface area contributed by atoms with Crippen molar-refractivity contribution in [3.05, 3.63) is 0 Å². The number of nitrogens with zero attached hydrogens (tertiary/aromatic N) is 1. The molecule has 0 amide bonds. The van der Waals surface area contributed by atoms with Crippen LogP contribution in [0.1, 0.15) is 6.42 Å². The molecule has 11 heavy (non-hydrogen) atoms. The molecule has 0 radical (unpaired) electrons. The van der Waals surface area contributed by atoms with Gasteiger partial charge in [-0.2, -0.15) is 11.8 Å². The summed E-state index contributed by atoms with van der Waals surface area (Å²) in [6, 6.07) is 0.792. The number of nitrogens with one attached hydrogen (secondary N) is 1. The maximum Gasteiger partial charge on any atom is 0.0166 e. The molecule has 1 fully saturated rings. The minimum absolute atomic E-state index is 0.792. The van der Waals surface area contributed by atoms with E-state index in [1.165, 1.54) is 17.9 Å².